The van der Waals surface area contributed by atoms with Gasteiger partial charge < -0.3 is 0 Å². The average molecular weight is 313 g/mol. The van der Waals surface area contributed by atoms with Crippen LogP contribution in [0.4, 0.5) is 11.4 Å². The van der Waals surface area contributed by atoms with Crippen LogP contribution < -0.4 is 9.44 Å². The van der Waals surface area contributed by atoms with Crippen molar-refractivity contribution in [1.82, 2.24) is 0 Å². The molecule has 2 N–H and O–H groups in total. The Bertz CT molecular complexity index is 641. The van der Waals surface area contributed by atoms with E-state index in [0.29, 0.717) is 0 Å². The molecule has 0 spiro atoms. The summed E-state index contributed by atoms with van der Waals surface area (Å²) in [4.78, 5) is 0. The maximum Gasteiger partial charge on any atom is 0.232 e. The summed E-state index contributed by atoms with van der Waals surface area (Å²) in [5.74, 6) is -0.104. The number of sulfonamides is 2. The van der Waals surface area contributed by atoms with Gasteiger partial charge in [-0.15, -0.1) is 0 Å². The van der Waals surface area contributed by atoms with Crippen molar-refractivity contribution in [1.29, 1.82) is 0 Å². The Hall–Kier alpha value is -0.990. The van der Waals surface area contributed by atoms with Gasteiger partial charge in [0.2, 0.25) is 20.0 Å². The second kappa shape index (κ2) is 5.33. The maximum absolute atomic E-state index is 11.4. The molecule has 0 saturated carbocycles. The first kappa shape index (κ1) is 15.1. The van der Waals surface area contributed by atoms with Crippen LogP contribution >= 0.6 is 11.6 Å². The number of halogens is 1. The standard InChI is InChI=1S/C9H13ClN2O4S2/c1-3-18(15,16)12-9-6-7(4-5-8(9)10)11-17(2,13)14/h4-6,11-12H,3H2,1-2H3. The molecular weight excluding hydrogens is 300 g/mol. The molecular formula is C9H13ClN2O4S2. The molecule has 0 unspecified atom stereocenters. The van der Waals surface area contributed by atoms with Gasteiger partial charge in [-0.3, -0.25) is 9.44 Å². The van der Waals surface area contributed by atoms with Crippen molar-refractivity contribution in [3.63, 3.8) is 0 Å². The van der Waals surface area contributed by atoms with Crippen LogP contribution in [0.3, 0.4) is 0 Å². The van der Waals surface area contributed by atoms with Crippen LogP contribution in [-0.4, -0.2) is 28.8 Å². The lowest BCUT2D eigenvalue weighted by Gasteiger charge is -2.10. The molecule has 1 rings (SSSR count). The highest BCUT2D eigenvalue weighted by atomic mass is 35.5. The van der Waals surface area contributed by atoms with Gasteiger partial charge in [0, 0.05) is 0 Å². The normalized spacial score (nSPS) is 12.2. The molecule has 0 amide bonds. The molecule has 0 heterocycles. The van der Waals surface area contributed by atoms with Crippen molar-refractivity contribution in [2.24, 2.45) is 0 Å². The van der Waals surface area contributed by atoms with Gasteiger partial charge in [-0.25, -0.2) is 16.8 Å². The summed E-state index contributed by atoms with van der Waals surface area (Å²) in [6.07, 6.45) is 0.998. The number of nitrogens with one attached hydrogen (secondary N) is 2. The van der Waals surface area contributed by atoms with Crippen molar-refractivity contribution >= 4 is 43.0 Å². The smallest absolute Gasteiger partial charge is 0.232 e. The third kappa shape index (κ3) is 4.71. The fourth-order valence-electron chi connectivity index (χ4n) is 1.12. The molecule has 0 fully saturated rings. The molecule has 0 atom stereocenters. The number of anilines is 2. The number of hydrogen-bond acceptors (Lipinski definition) is 4. The Kier molecular flexibility index (Phi) is 4.46. The zero-order valence-electron chi connectivity index (χ0n) is 9.77. The van der Waals surface area contributed by atoms with E-state index in [4.69, 9.17) is 11.6 Å². The molecule has 1 aromatic carbocycles. The summed E-state index contributed by atoms with van der Waals surface area (Å²) in [6.45, 7) is 1.48. The van der Waals surface area contributed by atoms with Gasteiger partial charge in [0.05, 0.1) is 28.4 Å². The summed E-state index contributed by atoms with van der Waals surface area (Å²) in [5, 5.41) is 0.186. The zero-order chi connectivity index (χ0) is 14.0. The van der Waals surface area contributed by atoms with E-state index in [2.05, 4.69) is 9.44 Å². The molecule has 0 aliphatic carbocycles. The highest BCUT2D eigenvalue weighted by Gasteiger charge is 2.11. The van der Waals surface area contributed by atoms with E-state index in [-0.39, 0.29) is 22.2 Å². The Labute approximate surface area is 111 Å². The second-order valence-electron chi connectivity index (χ2n) is 3.57. The zero-order valence-corrected chi connectivity index (χ0v) is 12.2. The van der Waals surface area contributed by atoms with E-state index in [0.717, 1.165) is 6.26 Å². The van der Waals surface area contributed by atoms with Crippen LogP contribution in [0.5, 0.6) is 0 Å². The van der Waals surface area contributed by atoms with Crippen LogP contribution in [0.2, 0.25) is 5.02 Å². The average Bonchev–Trinajstić information content (AvgIpc) is 2.21. The quantitative estimate of drug-likeness (QED) is 0.861. The molecule has 9 heteroatoms. The van der Waals surface area contributed by atoms with Gasteiger partial charge in [-0.2, -0.15) is 0 Å². The highest BCUT2D eigenvalue weighted by Crippen LogP contribution is 2.26. The molecule has 0 bridgehead atoms. The lowest BCUT2D eigenvalue weighted by molar-refractivity contribution is 0.602. The van der Waals surface area contributed by atoms with E-state index in [1.54, 1.807) is 0 Å². The number of hydrogen-bond donors (Lipinski definition) is 2. The number of rotatable bonds is 5. The van der Waals surface area contributed by atoms with Crippen LogP contribution in [0.15, 0.2) is 18.2 Å². The topological polar surface area (TPSA) is 92.3 Å². The van der Waals surface area contributed by atoms with Crippen molar-refractivity contribution in [2.75, 3.05) is 21.5 Å². The Morgan fingerprint density at radius 1 is 1.17 bits per heavy atom. The second-order valence-corrected chi connectivity index (χ2v) is 7.74. The van der Waals surface area contributed by atoms with Crippen LogP contribution in [-0.2, 0) is 20.0 Å². The lowest BCUT2D eigenvalue weighted by atomic mass is 10.3. The monoisotopic (exact) mass is 312 g/mol. The molecule has 0 saturated heterocycles. The third-order valence-electron chi connectivity index (χ3n) is 1.92. The van der Waals surface area contributed by atoms with Crippen LogP contribution in [0.25, 0.3) is 0 Å². The van der Waals surface area contributed by atoms with Gasteiger partial charge in [0.25, 0.3) is 0 Å². The number of benzene rings is 1. The van der Waals surface area contributed by atoms with E-state index in [1.165, 1.54) is 25.1 Å². The summed E-state index contributed by atoms with van der Waals surface area (Å²) < 4.78 is 49.4. The van der Waals surface area contributed by atoms with E-state index >= 15 is 0 Å². The molecule has 0 aromatic heterocycles. The Balaban J connectivity index is 3.10. The molecule has 18 heavy (non-hydrogen) atoms. The lowest BCUT2D eigenvalue weighted by Crippen LogP contribution is -2.15. The Morgan fingerprint density at radius 2 is 1.78 bits per heavy atom. The molecule has 1 aromatic rings. The van der Waals surface area contributed by atoms with E-state index in [1.807, 2.05) is 0 Å². The first-order valence-corrected chi connectivity index (χ1v) is 8.83. The van der Waals surface area contributed by atoms with E-state index in [9.17, 15) is 16.8 Å². The van der Waals surface area contributed by atoms with Gasteiger partial charge in [0.15, 0.2) is 0 Å². The van der Waals surface area contributed by atoms with E-state index < -0.39 is 20.0 Å². The maximum atomic E-state index is 11.4. The highest BCUT2D eigenvalue weighted by molar-refractivity contribution is 7.92. The van der Waals surface area contributed by atoms with Gasteiger partial charge in [-0.1, -0.05) is 11.6 Å². The minimum atomic E-state index is -3.47. The molecule has 102 valence electrons. The van der Waals surface area contributed by atoms with Gasteiger partial charge in [0.1, 0.15) is 0 Å². The summed E-state index contributed by atoms with van der Waals surface area (Å²) in [7, 11) is -6.89. The minimum Gasteiger partial charge on any atom is -0.284 e. The van der Waals surface area contributed by atoms with Gasteiger partial charge in [-0.05, 0) is 25.1 Å². The minimum absolute atomic E-state index is 0.104. The fraction of sp³-hybridized carbons (Fsp3) is 0.333. The summed E-state index contributed by atoms with van der Waals surface area (Å²) >= 11 is 5.83. The summed E-state index contributed by atoms with van der Waals surface area (Å²) in [6, 6.07) is 4.16. The molecule has 0 aliphatic rings. The SMILES string of the molecule is CCS(=O)(=O)Nc1cc(NS(C)(=O)=O)ccc1Cl. The fourth-order valence-corrected chi connectivity index (χ4v) is 2.54. The van der Waals surface area contributed by atoms with Crippen molar-refractivity contribution in [3.05, 3.63) is 23.2 Å². The molecule has 0 aliphatic heterocycles. The first-order chi connectivity index (χ1) is 8.13. The molecule has 0 radical (unpaired) electrons. The van der Waals surface area contributed by atoms with Crippen LogP contribution in [0.1, 0.15) is 6.92 Å². The third-order valence-corrected chi connectivity index (χ3v) is 4.14. The van der Waals surface area contributed by atoms with Gasteiger partial charge >= 0.3 is 0 Å². The largest absolute Gasteiger partial charge is 0.284 e. The van der Waals surface area contributed by atoms with Crippen molar-refractivity contribution < 1.29 is 16.8 Å². The predicted molar refractivity (Wildman–Crippen MR) is 73.0 cm³/mol. The van der Waals surface area contributed by atoms with Crippen molar-refractivity contribution in [2.45, 2.75) is 6.92 Å². The van der Waals surface area contributed by atoms with Crippen LogP contribution in [0, 0.1) is 0 Å². The molecule has 6 nitrogen and oxygen atoms in total. The summed E-state index contributed by atoms with van der Waals surface area (Å²) in [5.41, 5.74) is 0.364. The first-order valence-electron chi connectivity index (χ1n) is 4.91. The van der Waals surface area contributed by atoms with Crippen molar-refractivity contribution in [3.8, 4) is 0 Å². The Morgan fingerprint density at radius 3 is 2.28 bits per heavy atom. The predicted octanol–water partition coefficient (Wildman–Crippen LogP) is 1.47.